The van der Waals surface area contributed by atoms with Crippen molar-refractivity contribution in [2.24, 2.45) is 0 Å². The number of aromatic nitrogens is 1. The number of fused-ring (bicyclic) bond motifs is 1. The van der Waals surface area contributed by atoms with Crippen LogP contribution in [0.4, 0.5) is 0 Å². The molecule has 0 radical (unpaired) electrons. The lowest BCUT2D eigenvalue weighted by Gasteiger charge is -2.21. The molecule has 0 unspecified atom stereocenters. The monoisotopic (exact) mass is 291 g/mol. The first-order valence-electron chi connectivity index (χ1n) is 6.94. The maximum Gasteiger partial charge on any atom is 0.299 e. The van der Waals surface area contributed by atoms with Gasteiger partial charge in [-0.2, -0.15) is 8.42 Å². The molecule has 20 heavy (non-hydrogen) atoms. The van der Waals surface area contributed by atoms with Gasteiger partial charge in [-0.25, -0.2) is 0 Å². The largest absolute Gasteiger partial charge is 0.299 e. The van der Waals surface area contributed by atoms with E-state index in [2.05, 4.69) is 4.98 Å². The van der Waals surface area contributed by atoms with Gasteiger partial charge in [-0.05, 0) is 25.0 Å². The van der Waals surface area contributed by atoms with E-state index in [0.29, 0.717) is 5.52 Å². The fourth-order valence-corrected chi connectivity index (χ4v) is 3.98. The zero-order chi connectivity index (χ0) is 14.0. The average molecular weight is 291 g/mol. The fourth-order valence-electron chi connectivity index (χ4n) is 2.67. The molecule has 5 heteroatoms. The molecular formula is C15H17NO3S. The van der Waals surface area contributed by atoms with Crippen LogP contribution in [0.5, 0.6) is 0 Å². The molecular weight excluding hydrogens is 274 g/mol. The van der Waals surface area contributed by atoms with Crippen LogP contribution >= 0.6 is 0 Å². The number of nitrogens with zero attached hydrogens (tertiary/aromatic N) is 1. The summed E-state index contributed by atoms with van der Waals surface area (Å²) in [4.78, 5) is 4.35. The molecule has 1 heterocycles. The van der Waals surface area contributed by atoms with Gasteiger partial charge in [0.2, 0.25) is 0 Å². The SMILES string of the molecule is O=S(=O)(OC1CCCCC1)c1cccc2cccnc12. The van der Waals surface area contributed by atoms with Crippen molar-refractivity contribution in [3.8, 4) is 0 Å². The number of rotatable bonds is 3. The van der Waals surface area contributed by atoms with Gasteiger partial charge >= 0.3 is 0 Å². The van der Waals surface area contributed by atoms with Gasteiger partial charge in [-0.3, -0.25) is 9.17 Å². The topological polar surface area (TPSA) is 56.3 Å². The van der Waals surface area contributed by atoms with Crippen molar-refractivity contribution >= 4 is 21.0 Å². The molecule has 1 fully saturated rings. The Morgan fingerprint density at radius 3 is 2.60 bits per heavy atom. The van der Waals surface area contributed by atoms with Crippen molar-refractivity contribution in [1.29, 1.82) is 0 Å². The Morgan fingerprint density at radius 2 is 1.80 bits per heavy atom. The first-order chi connectivity index (χ1) is 9.67. The first kappa shape index (κ1) is 13.5. The lowest BCUT2D eigenvalue weighted by molar-refractivity contribution is 0.162. The van der Waals surface area contributed by atoms with Crippen molar-refractivity contribution in [2.45, 2.75) is 43.1 Å². The van der Waals surface area contributed by atoms with Crippen LogP contribution in [0.15, 0.2) is 41.4 Å². The molecule has 0 N–H and O–H groups in total. The summed E-state index contributed by atoms with van der Waals surface area (Å²) >= 11 is 0. The van der Waals surface area contributed by atoms with Crippen LogP contribution < -0.4 is 0 Å². The summed E-state index contributed by atoms with van der Waals surface area (Å²) in [5.74, 6) is 0. The molecule has 3 rings (SSSR count). The smallest absolute Gasteiger partial charge is 0.263 e. The summed E-state index contributed by atoms with van der Waals surface area (Å²) in [6.07, 6.45) is 6.28. The minimum atomic E-state index is -3.75. The molecule has 2 aromatic rings. The number of pyridine rings is 1. The Hall–Kier alpha value is -1.46. The highest BCUT2D eigenvalue weighted by Gasteiger charge is 2.25. The Bertz CT molecular complexity index is 701. The second-order valence-corrected chi connectivity index (χ2v) is 6.68. The van der Waals surface area contributed by atoms with Gasteiger partial charge in [0.25, 0.3) is 10.1 Å². The Kier molecular flexibility index (Phi) is 3.72. The predicted molar refractivity (Wildman–Crippen MR) is 76.9 cm³/mol. The van der Waals surface area contributed by atoms with Crippen LogP contribution in [0.3, 0.4) is 0 Å². The standard InChI is InChI=1S/C15H17NO3S/c17-20(18,19-13-8-2-1-3-9-13)14-10-4-6-12-7-5-11-16-15(12)14/h4-7,10-11,13H,1-3,8-9H2. The Balaban J connectivity index is 1.96. The minimum Gasteiger partial charge on any atom is -0.263 e. The second kappa shape index (κ2) is 5.50. The zero-order valence-corrected chi connectivity index (χ0v) is 12.0. The summed E-state index contributed by atoms with van der Waals surface area (Å²) < 4.78 is 30.3. The third-order valence-electron chi connectivity index (χ3n) is 3.68. The van der Waals surface area contributed by atoms with E-state index in [0.717, 1.165) is 37.5 Å². The third-order valence-corrected chi connectivity index (χ3v) is 5.07. The quantitative estimate of drug-likeness (QED) is 0.814. The molecule has 1 aliphatic carbocycles. The van der Waals surface area contributed by atoms with Crippen LogP contribution in [-0.2, 0) is 14.3 Å². The summed E-state index contributed by atoms with van der Waals surface area (Å²) in [6, 6.07) is 8.78. The van der Waals surface area contributed by atoms with E-state index in [9.17, 15) is 8.42 Å². The highest BCUT2D eigenvalue weighted by molar-refractivity contribution is 7.87. The van der Waals surface area contributed by atoms with Crippen molar-refractivity contribution in [1.82, 2.24) is 4.98 Å². The third kappa shape index (κ3) is 2.69. The van der Waals surface area contributed by atoms with E-state index < -0.39 is 10.1 Å². The fraction of sp³-hybridized carbons (Fsp3) is 0.400. The number of hydrogen-bond acceptors (Lipinski definition) is 4. The molecule has 1 aliphatic rings. The molecule has 0 aliphatic heterocycles. The number of benzene rings is 1. The van der Waals surface area contributed by atoms with E-state index >= 15 is 0 Å². The van der Waals surface area contributed by atoms with Gasteiger partial charge in [-0.1, -0.05) is 37.5 Å². The molecule has 0 atom stereocenters. The highest BCUT2D eigenvalue weighted by atomic mass is 32.2. The van der Waals surface area contributed by atoms with Gasteiger partial charge < -0.3 is 0 Å². The summed E-state index contributed by atoms with van der Waals surface area (Å²) in [5, 5.41) is 0.806. The van der Waals surface area contributed by atoms with Crippen LogP contribution in [0.25, 0.3) is 10.9 Å². The van der Waals surface area contributed by atoms with Crippen LogP contribution in [0.1, 0.15) is 32.1 Å². The van der Waals surface area contributed by atoms with E-state index in [4.69, 9.17) is 4.18 Å². The Morgan fingerprint density at radius 1 is 1.05 bits per heavy atom. The maximum absolute atomic E-state index is 12.5. The second-order valence-electron chi connectivity index (χ2n) is 5.14. The molecule has 1 aromatic carbocycles. The van der Waals surface area contributed by atoms with Gasteiger partial charge in [0.1, 0.15) is 4.90 Å². The molecule has 0 amide bonds. The van der Waals surface area contributed by atoms with Gasteiger partial charge in [-0.15, -0.1) is 0 Å². The van der Waals surface area contributed by atoms with Crippen molar-refractivity contribution in [2.75, 3.05) is 0 Å². The van der Waals surface area contributed by atoms with Crippen molar-refractivity contribution in [3.05, 3.63) is 36.5 Å². The average Bonchev–Trinajstić information content (AvgIpc) is 2.47. The van der Waals surface area contributed by atoms with E-state index in [1.165, 1.54) is 0 Å². The number of para-hydroxylation sites is 1. The van der Waals surface area contributed by atoms with Crippen LogP contribution in [0, 0.1) is 0 Å². The van der Waals surface area contributed by atoms with Crippen molar-refractivity contribution < 1.29 is 12.6 Å². The van der Waals surface area contributed by atoms with E-state index in [1.807, 2.05) is 12.1 Å². The molecule has 0 saturated heterocycles. The van der Waals surface area contributed by atoms with Crippen molar-refractivity contribution in [3.63, 3.8) is 0 Å². The summed E-state index contributed by atoms with van der Waals surface area (Å²) in [5.41, 5.74) is 0.478. The molecule has 0 spiro atoms. The van der Waals surface area contributed by atoms with Gasteiger partial charge in [0, 0.05) is 11.6 Å². The van der Waals surface area contributed by atoms with Gasteiger partial charge in [0.15, 0.2) is 0 Å². The van der Waals surface area contributed by atoms with Crippen LogP contribution in [-0.4, -0.2) is 19.5 Å². The summed E-state index contributed by atoms with van der Waals surface area (Å²) in [7, 11) is -3.75. The Labute approximate surface area is 118 Å². The summed E-state index contributed by atoms with van der Waals surface area (Å²) in [6.45, 7) is 0. The van der Waals surface area contributed by atoms with E-state index in [-0.39, 0.29) is 11.0 Å². The molecule has 1 aromatic heterocycles. The van der Waals surface area contributed by atoms with E-state index in [1.54, 1.807) is 24.4 Å². The zero-order valence-electron chi connectivity index (χ0n) is 11.2. The molecule has 1 saturated carbocycles. The first-order valence-corrected chi connectivity index (χ1v) is 8.35. The predicted octanol–water partition coefficient (Wildman–Crippen LogP) is 3.27. The molecule has 106 valence electrons. The lowest BCUT2D eigenvalue weighted by atomic mass is 9.98. The molecule has 0 bridgehead atoms. The minimum absolute atomic E-state index is 0.168. The normalized spacial score (nSPS) is 17.4. The lowest BCUT2D eigenvalue weighted by Crippen LogP contribution is -2.21. The maximum atomic E-state index is 12.5. The number of hydrogen-bond donors (Lipinski definition) is 0. The van der Waals surface area contributed by atoms with Crippen LogP contribution in [0.2, 0.25) is 0 Å². The molecule has 4 nitrogen and oxygen atoms in total. The highest BCUT2D eigenvalue weighted by Crippen LogP contribution is 2.27. The van der Waals surface area contributed by atoms with Gasteiger partial charge in [0.05, 0.1) is 11.6 Å².